The number of hydrogen-bond acceptors (Lipinski definition) is 1. The number of carbonyl (C=O) groups is 1. The van der Waals surface area contributed by atoms with Crippen LogP contribution in [0, 0.1) is 35.0 Å². The van der Waals surface area contributed by atoms with Gasteiger partial charge in [0.1, 0.15) is 12.0 Å². The Morgan fingerprint density at radius 2 is 1.80 bits per heavy atom. The number of halogens is 1. The lowest BCUT2D eigenvalue weighted by molar-refractivity contribution is -0.133. The van der Waals surface area contributed by atoms with E-state index in [1.165, 1.54) is 19.3 Å². The van der Waals surface area contributed by atoms with Crippen molar-refractivity contribution in [1.29, 1.82) is 0 Å². The first-order chi connectivity index (χ1) is 9.59. The van der Waals surface area contributed by atoms with Crippen LogP contribution in [0.4, 0.5) is 4.39 Å². The van der Waals surface area contributed by atoms with Crippen molar-refractivity contribution >= 4 is 5.78 Å². The quantitative estimate of drug-likeness (QED) is 0.635. The Hall–Kier alpha value is -0.400. The van der Waals surface area contributed by atoms with Gasteiger partial charge in [-0.15, -0.1) is 0 Å². The average Bonchev–Trinajstić information content (AvgIpc) is 2.74. The molecule has 0 radical (unpaired) electrons. The van der Waals surface area contributed by atoms with E-state index >= 15 is 0 Å². The summed E-state index contributed by atoms with van der Waals surface area (Å²) in [5.74, 6) is 4.21. The molecule has 4 aliphatic rings. The maximum absolute atomic E-state index is 13.7. The first-order valence-electron chi connectivity index (χ1n) is 8.77. The maximum atomic E-state index is 13.7. The molecular formula is C18H27FO. The van der Waals surface area contributed by atoms with E-state index in [1.54, 1.807) is 0 Å². The van der Waals surface area contributed by atoms with E-state index in [9.17, 15) is 9.18 Å². The zero-order valence-electron chi connectivity index (χ0n) is 12.6. The van der Waals surface area contributed by atoms with Gasteiger partial charge in [0.15, 0.2) is 0 Å². The summed E-state index contributed by atoms with van der Waals surface area (Å²) in [6.45, 7) is 2.24. The molecule has 0 aromatic heterocycles. The minimum absolute atomic E-state index is 0.00525. The molecule has 4 aliphatic carbocycles. The van der Waals surface area contributed by atoms with Crippen molar-refractivity contribution < 1.29 is 9.18 Å². The summed E-state index contributed by atoms with van der Waals surface area (Å²) in [5, 5.41) is 0. The Labute approximate surface area is 121 Å². The molecule has 0 heterocycles. The van der Waals surface area contributed by atoms with E-state index in [0.717, 1.165) is 56.3 Å². The second-order valence-corrected chi connectivity index (χ2v) is 8.26. The number of Topliss-reactive ketones (excluding diaryl/α,β-unsaturated/α-hetero) is 1. The second-order valence-electron chi connectivity index (χ2n) is 8.26. The van der Waals surface area contributed by atoms with Crippen LogP contribution >= 0.6 is 0 Å². The monoisotopic (exact) mass is 278 g/mol. The lowest BCUT2D eigenvalue weighted by atomic mass is 9.50. The van der Waals surface area contributed by atoms with Crippen molar-refractivity contribution in [3.63, 3.8) is 0 Å². The molecular weight excluding hydrogens is 251 g/mol. The molecule has 0 spiro atoms. The summed E-state index contributed by atoms with van der Waals surface area (Å²) in [5.41, 5.74) is 0.00525. The zero-order valence-corrected chi connectivity index (χ0v) is 12.6. The van der Waals surface area contributed by atoms with Gasteiger partial charge < -0.3 is 0 Å². The average molecular weight is 278 g/mol. The third kappa shape index (κ3) is 1.75. The van der Waals surface area contributed by atoms with Crippen LogP contribution in [0.25, 0.3) is 0 Å². The molecule has 4 saturated carbocycles. The summed E-state index contributed by atoms with van der Waals surface area (Å²) < 4.78 is 13.7. The van der Waals surface area contributed by atoms with Gasteiger partial charge in [0.2, 0.25) is 0 Å². The van der Waals surface area contributed by atoms with Crippen LogP contribution in [0.1, 0.15) is 64.7 Å². The SMILES string of the molecule is C[C@]12CC[C@@H]3[C@@H]4CC[C@H](F)C[C@@H]4CC[C@H]3[C@@H]1CCC2=O. The van der Waals surface area contributed by atoms with Gasteiger partial charge in [-0.3, -0.25) is 4.79 Å². The van der Waals surface area contributed by atoms with E-state index in [2.05, 4.69) is 6.92 Å². The highest BCUT2D eigenvalue weighted by Crippen LogP contribution is 2.61. The Balaban J connectivity index is 1.58. The molecule has 4 rings (SSSR count). The lowest BCUT2D eigenvalue weighted by Crippen LogP contribution is -2.48. The van der Waals surface area contributed by atoms with E-state index in [0.29, 0.717) is 17.6 Å². The van der Waals surface area contributed by atoms with E-state index in [1.807, 2.05) is 0 Å². The van der Waals surface area contributed by atoms with E-state index in [-0.39, 0.29) is 5.41 Å². The summed E-state index contributed by atoms with van der Waals surface area (Å²) >= 11 is 0. The van der Waals surface area contributed by atoms with Gasteiger partial charge in [-0.05, 0) is 81.0 Å². The summed E-state index contributed by atoms with van der Waals surface area (Å²) in [4.78, 5) is 12.3. The number of ketones is 1. The van der Waals surface area contributed by atoms with Crippen LogP contribution in [0.5, 0.6) is 0 Å². The van der Waals surface area contributed by atoms with Crippen molar-refractivity contribution in [1.82, 2.24) is 0 Å². The smallest absolute Gasteiger partial charge is 0.139 e. The number of rotatable bonds is 0. The fourth-order valence-corrected chi connectivity index (χ4v) is 6.57. The van der Waals surface area contributed by atoms with Crippen molar-refractivity contribution in [2.24, 2.45) is 35.0 Å². The third-order valence-electron chi connectivity index (χ3n) is 7.60. The number of hydrogen-bond donors (Lipinski definition) is 0. The predicted octanol–water partition coefficient (Wildman–Crippen LogP) is 4.55. The molecule has 1 nitrogen and oxygen atoms in total. The molecule has 0 N–H and O–H groups in total. The second kappa shape index (κ2) is 4.55. The topological polar surface area (TPSA) is 17.1 Å². The first-order valence-corrected chi connectivity index (χ1v) is 8.77. The number of carbonyl (C=O) groups excluding carboxylic acids is 1. The van der Waals surface area contributed by atoms with E-state index < -0.39 is 6.17 Å². The Bertz CT molecular complexity index is 420. The molecule has 0 unspecified atom stereocenters. The van der Waals surface area contributed by atoms with Gasteiger partial charge >= 0.3 is 0 Å². The molecule has 0 amide bonds. The van der Waals surface area contributed by atoms with Crippen LogP contribution in [0.2, 0.25) is 0 Å². The van der Waals surface area contributed by atoms with Gasteiger partial charge in [-0.25, -0.2) is 4.39 Å². The normalized spacial score (nSPS) is 55.0. The zero-order chi connectivity index (χ0) is 13.9. The van der Waals surface area contributed by atoms with Crippen LogP contribution in [0.15, 0.2) is 0 Å². The lowest BCUT2D eigenvalue weighted by Gasteiger charge is -2.54. The molecule has 7 atom stereocenters. The maximum Gasteiger partial charge on any atom is 0.139 e. The van der Waals surface area contributed by atoms with Crippen LogP contribution < -0.4 is 0 Å². The van der Waals surface area contributed by atoms with Gasteiger partial charge in [0.25, 0.3) is 0 Å². The molecule has 0 aliphatic heterocycles. The van der Waals surface area contributed by atoms with Gasteiger partial charge in [-0.2, -0.15) is 0 Å². The fourth-order valence-electron chi connectivity index (χ4n) is 6.57. The molecule has 0 aromatic carbocycles. The number of alkyl halides is 1. The molecule has 112 valence electrons. The summed E-state index contributed by atoms with van der Waals surface area (Å²) in [6.07, 6.45) is 9.02. The van der Waals surface area contributed by atoms with Gasteiger partial charge in [0, 0.05) is 11.8 Å². The van der Waals surface area contributed by atoms with Crippen molar-refractivity contribution in [2.75, 3.05) is 0 Å². The van der Waals surface area contributed by atoms with Crippen LogP contribution in [-0.4, -0.2) is 12.0 Å². The molecule has 0 aromatic rings. The van der Waals surface area contributed by atoms with Crippen molar-refractivity contribution in [3.05, 3.63) is 0 Å². The first kappa shape index (κ1) is 13.3. The van der Waals surface area contributed by atoms with Gasteiger partial charge in [-0.1, -0.05) is 6.92 Å². The Morgan fingerprint density at radius 1 is 1.00 bits per heavy atom. The standard InChI is InChI=1S/C18H27FO/c1-18-9-8-14-13-5-3-12(19)10-11(13)2-4-15(14)16(18)6-7-17(18)20/h11-16H,2-10H2,1H3/t11-,12-,13+,14+,15+,16-,18-/m0/s1. The highest BCUT2D eigenvalue weighted by Gasteiger charge is 2.56. The molecule has 20 heavy (non-hydrogen) atoms. The molecule has 2 heteroatoms. The molecule has 0 saturated heterocycles. The highest BCUT2D eigenvalue weighted by molar-refractivity contribution is 5.87. The van der Waals surface area contributed by atoms with Crippen LogP contribution in [-0.2, 0) is 4.79 Å². The molecule has 4 fully saturated rings. The minimum atomic E-state index is -0.533. The van der Waals surface area contributed by atoms with Crippen molar-refractivity contribution in [3.8, 4) is 0 Å². The largest absolute Gasteiger partial charge is 0.299 e. The molecule has 0 bridgehead atoms. The third-order valence-corrected chi connectivity index (χ3v) is 7.60. The van der Waals surface area contributed by atoms with E-state index in [4.69, 9.17) is 0 Å². The summed E-state index contributed by atoms with van der Waals surface area (Å²) in [7, 11) is 0. The van der Waals surface area contributed by atoms with Crippen molar-refractivity contribution in [2.45, 2.75) is 70.9 Å². The summed E-state index contributed by atoms with van der Waals surface area (Å²) in [6, 6.07) is 0. The Kier molecular flexibility index (Phi) is 3.02. The number of fused-ring (bicyclic) bond motifs is 5. The highest BCUT2D eigenvalue weighted by atomic mass is 19.1. The predicted molar refractivity (Wildman–Crippen MR) is 77.0 cm³/mol. The van der Waals surface area contributed by atoms with Crippen LogP contribution in [0.3, 0.4) is 0 Å². The minimum Gasteiger partial charge on any atom is -0.299 e. The van der Waals surface area contributed by atoms with Gasteiger partial charge in [0.05, 0.1) is 0 Å². The Morgan fingerprint density at radius 3 is 2.65 bits per heavy atom. The fraction of sp³-hybridized carbons (Fsp3) is 0.944.